The SMILES string of the molecule is CCN(CC)C(N)=Nc1ccc(Cl)cc1Cl.I. The summed E-state index contributed by atoms with van der Waals surface area (Å²) >= 11 is 11.8. The molecule has 0 fully saturated rings. The summed E-state index contributed by atoms with van der Waals surface area (Å²) in [4.78, 5) is 6.22. The van der Waals surface area contributed by atoms with Crippen LogP contribution in [0, 0.1) is 0 Å². The topological polar surface area (TPSA) is 41.6 Å². The van der Waals surface area contributed by atoms with Gasteiger partial charge in [-0.05, 0) is 32.0 Å². The van der Waals surface area contributed by atoms with Gasteiger partial charge in [0.1, 0.15) is 0 Å². The Morgan fingerprint density at radius 1 is 1.29 bits per heavy atom. The van der Waals surface area contributed by atoms with Crippen molar-refractivity contribution in [3.63, 3.8) is 0 Å². The molecule has 0 bridgehead atoms. The van der Waals surface area contributed by atoms with Crippen LogP contribution in [0.25, 0.3) is 0 Å². The first-order valence-corrected chi connectivity index (χ1v) is 5.88. The molecule has 1 rings (SSSR count). The highest BCUT2D eigenvalue weighted by molar-refractivity contribution is 14.0. The van der Waals surface area contributed by atoms with Gasteiger partial charge in [-0.3, -0.25) is 0 Å². The van der Waals surface area contributed by atoms with Gasteiger partial charge in [0.05, 0.1) is 10.7 Å². The Balaban J connectivity index is 0.00000256. The van der Waals surface area contributed by atoms with Gasteiger partial charge in [-0.25, -0.2) is 4.99 Å². The average Bonchev–Trinajstić information content (AvgIpc) is 2.24. The van der Waals surface area contributed by atoms with Crippen LogP contribution in [-0.2, 0) is 0 Å². The predicted molar refractivity (Wildman–Crippen MR) is 86.1 cm³/mol. The van der Waals surface area contributed by atoms with Crippen molar-refractivity contribution in [3.8, 4) is 0 Å². The molecule has 0 aliphatic carbocycles. The second-order valence-corrected chi connectivity index (χ2v) is 4.08. The molecule has 6 heteroatoms. The Morgan fingerprint density at radius 3 is 2.35 bits per heavy atom. The van der Waals surface area contributed by atoms with Gasteiger partial charge in [0, 0.05) is 18.1 Å². The molecule has 17 heavy (non-hydrogen) atoms. The third kappa shape index (κ3) is 4.89. The van der Waals surface area contributed by atoms with Gasteiger partial charge >= 0.3 is 0 Å². The molecule has 0 unspecified atom stereocenters. The van der Waals surface area contributed by atoms with Crippen LogP contribution in [0.2, 0.25) is 10.0 Å². The number of nitrogens with two attached hydrogens (primary N) is 1. The van der Waals surface area contributed by atoms with Gasteiger partial charge in [0.2, 0.25) is 0 Å². The van der Waals surface area contributed by atoms with Gasteiger partial charge in [-0.2, -0.15) is 0 Å². The van der Waals surface area contributed by atoms with Crippen LogP contribution < -0.4 is 5.73 Å². The molecule has 0 aliphatic rings. The molecule has 0 spiro atoms. The van der Waals surface area contributed by atoms with Crippen LogP contribution in [0.1, 0.15) is 13.8 Å². The zero-order valence-electron chi connectivity index (χ0n) is 9.78. The van der Waals surface area contributed by atoms with Crippen molar-refractivity contribution in [2.24, 2.45) is 10.7 Å². The van der Waals surface area contributed by atoms with Gasteiger partial charge in [0.25, 0.3) is 0 Å². The van der Waals surface area contributed by atoms with Crippen molar-refractivity contribution in [2.45, 2.75) is 13.8 Å². The molecule has 1 aromatic carbocycles. The maximum absolute atomic E-state index is 6.00. The number of benzene rings is 1. The minimum Gasteiger partial charge on any atom is -0.369 e. The highest BCUT2D eigenvalue weighted by atomic mass is 127. The molecule has 3 nitrogen and oxygen atoms in total. The standard InChI is InChI=1S/C11H15Cl2N3.HI/c1-3-16(4-2)11(14)15-10-6-5-8(12)7-9(10)13;/h5-7H,3-4H2,1-2H3,(H2,14,15);1H. The molecule has 0 aliphatic heterocycles. The highest BCUT2D eigenvalue weighted by Gasteiger charge is 2.05. The van der Waals surface area contributed by atoms with Crippen LogP contribution >= 0.6 is 47.2 Å². The van der Waals surface area contributed by atoms with Crippen molar-refractivity contribution in [1.29, 1.82) is 0 Å². The molecule has 0 aromatic heterocycles. The lowest BCUT2D eigenvalue weighted by Gasteiger charge is -2.19. The first-order valence-electron chi connectivity index (χ1n) is 5.12. The average molecular weight is 388 g/mol. The first kappa shape index (κ1) is 16.8. The first-order chi connectivity index (χ1) is 7.58. The Morgan fingerprint density at radius 2 is 1.88 bits per heavy atom. The van der Waals surface area contributed by atoms with Crippen molar-refractivity contribution >= 4 is 58.8 Å². The maximum atomic E-state index is 6.00. The van der Waals surface area contributed by atoms with Crippen molar-refractivity contribution in [2.75, 3.05) is 13.1 Å². The lowest BCUT2D eigenvalue weighted by atomic mass is 10.3. The molecule has 0 heterocycles. The zero-order chi connectivity index (χ0) is 12.1. The van der Waals surface area contributed by atoms with E-state index < -0.39 is 0 Å². The van der Waals surface area contributed by atoms with Crippen LogP contribution in [-0.4, -0.2) is 23.9 Å². The van der Waals surface area contributed by atoms with E-state index in [4.69, 9.17) is 28.9 Å². The Hall–Kier alpha value is -0.200. The summed E-state index contributed by atoms with van der Waals surface area (Å²) in [6.45, 7) is 5.68. The lowest BCUT2D eigenvalue weighted by Crippen LogP contribution is -2.36. The highest BCUT2D eigenvalue weighted by Crippen LogP contribution is 2.27. The fourth-order valence-corrected chi connectivity index (χ4v) is 1.76. The summed E-state index contributed by atoms with van der Waals surface area (Å²) in [5.74, 6) is 0.467. The summed E-state index contributed by atoms with van der Waals surface area (Å²) < 4.78 is 0. The Kier molecular flexibility index (Phi) is 7.91. The van der Waals surface area contributed by atoms with Gasteiger partial charge in [0.15, 0.2) is 5.96 Å². The van der Waals surface area contributed by atoms with Crippen molar-refractivity contribution in [1.82, 2.24) is 4.90 Å². The van der Waals surface area contributed by atoms with Gasteiger partial charge < -0.3 is 10.6 Å². The molecular weight excluding hydrogens is 372 g/mol. The predicted octanol–water partition coefficient (Wildman–Crippen LogP) is 3.90. The van der Waals surface area contributed by atoms with Crippen LogP contribution in [0.3, 0.4) is 0 Å². The van der Waals surface area contributed by atoms with Crippen LogP contribution in [0.15, 0.2) is 23.2 Å². The number of rotatable bonds is 3. The Bertz CT molecular complexity index is 392. The van der Waals surface area contributed by atoms with Gasteiger partial charge in [-0.15, -0.1) is 24.0 Å². The number of halogens is 3. The number of hydrogen-bond acceptors (Lipinski definition) is 1. The number of aliphatic imine (C=N–C) groups is 1. The quantitative estimate of drug-likeness (QED) is 0.485. The minimum absolute atomic E-state index is 0. The van der Waals surface area contributed by atoms with Gasteiger partial charge in [-0.1, -0.05) is 23.2 Å². The summed E-state index contributed by atoms with van der Waals surface area (Å²) in [7, 11) is 0. The third-order valence-electron chi connectivity index (χ3n) is 2.23. The fraction of sp³-hybridized carbons (Fsp3) is 0.364. The maximum Gasteiger partial charge on any atom is 0.196 e. The number of hydrogen-bond donors (Lipinski definition) is 1. The molecule has 0 atom stereocenters. The molecule has 2 N–H and O–H groups in total. The van der Waals surface area contributed by atoms with Crippen molar-refractivity contribution < 1.29 is 0 Å². The summed E-state index contributed by atoms with van der Waals surface area (Å²) in [6, 6.07) is 5.14. The summed E-state index contributed by atoms with van der Waals surface area (Å²) in [5.41, 5.74) is 6.50. The van der Waals surface area contributed by atoms with E-state index >= 15 is 0 Å². The molecule has 0 saturated heterocycles. The second-order valence-electron chi connectivity index (χ2n) is 3.24. The normalized spacial score (nSPS) is 10.9. The third-order valence-corrected chi connectivity index (χ3v) is 2.77. The molecule has 0 amide bonds. The van der Waals surface area contributed by atoms with E-state index in [1.165, 1.54) is 0 Å². The van der Waals surface area contributed by atoms with E-state index in [0.717, 1.165) is 13.1 Å². The molecule has 0 saturated carbocycles. The summed E-state index contributed by atoms with van der Waals surface area (Å²) in [5, 5.41) is 1.09. The fourth-order valence-electron chi connectivity index (χ4n) is 1.31. The van der Waals surface area contributed by atoms with E-state index in [9.17, 15) is 0 Å². The largest absolute Gasteiger partial charge is 0.369 e. The van der Waals surface area contributed by atoms with E-state index in [0.29, 0.717) is 21.7 Å². The van der Waals surface area contributed by atoms with E-state index in [2.05, 4.69) is 4.99 Å². The van der Waals surface area contributed by atoms with Crippen molar-refractivity contribution in [3.05, 3.63) is 28.2 Å². The lowest BCUT2D eigenvalue weighted by molar-refractivity contribution is 0.460. The van der Waals surface area contributed by atoms with E-state index in [-0.39, 0.29) is 24.0 Å². The molecular formula is C11H16Cl2IN3. The molecule has 0 radical (unpaired) electrons. The number of nitrogens with zero attached hydrogens (tertiary/aromatic N) is 2. The van der Waals surface area contributed by atoms with E-state index in [1.54, 1.807) is 18.2 Å². The van der Waals surface area contributed by atoms with Crippen LogP contribution in [0.5, 0.6) is 0 Å². The Labute approximate surface area is 129 Å². The zero-order valence-corrected chi connectivity index (χ0v) is 13.6. The monoisotopic (exact) mass is 387 g/mol. The minimum atomic E-state index is 0. The number of guanidine groups is 1. The summed E-state index contributed by atoms with van der Waals surface area (Å²) in [6.07, 6.45) is 0. The smallest absolute Gasteiger partial charge is 0.196 e. The molecule has 96 valence electrons. The van der Waals surface area contributed by atoms with E-state index in [1.807, 2.05) is 18.7 Å². The second kappa shape index (κ2) is 8.00. The molecule has 1 aromatic rings. The van der Waals surface area contributed by atoms with Crippen LogP contribution in [0.4, 0.5) is 5.69 Å².